The molecule has 0 unspecified atom stereocenters. The molecular formula is C23H27ClN2O3. The van der Waals surface area contributed by atoms with Gasteiger partial charge in [-0.15, -0.1) is 0 Å². The predicted molar refractivity (Wildman–Crippen MR) is 111 cm³/mol. The van der Waals surface area contributed by atoms with E-state index in [9.17, 15) is 9.59 Å². The van der Waals surface area contributed by atoms with Gasteiger partial charge in [0.15, 0.2) is 0 Å². The van der Waals surface area contributed by atoms with Crippen LogP contribution in [0, 0.1) is 28.2 Å². The zero-order valence-corrected chi connectivity index (χ0v) is 18.3. The van der Waals surface area contributed by atoms with Crippen LogP contribution in [0.15, 0.2) is 18.2 Å². The van der Waals surface area contributed by atoms with Crippen molar-refractivity contribution in [1.29, 1.82) is 0 Å². The molecule has 4 saturated carbocycles. The van der Waals surface area contributed by atoms with Crippen LogP contribution in [0.25, 0.3) is 4.85 Å². The Kier molecular flexibility index (Phi) is 4.17. The number of carbonyl (C=O) groups excluding carboxylic acids is 2. The molecule has 4 aliphatic carbocycles. The minimum atomic E-state index is -0.340. The number of benzene rings is 1. The first-order valence-electron chi connectivity index (χ1n) is 10.0. The fourth-order valence-corrected chi connectivity index (χ4v) is 6.49. The summed E-state index contributed by atoms with van der Waals surface area (Å²) in [5.41, 5.74) is -0.701. The van der Waals surface area contributed by atoms with Crippen molar-refractivity contribution in [1.82, 2.24) is 5.32 Å². The van der Waals surface area contributed by atoms with E-state index in [4.69, 9.17) is 22.9 Å². The number of ether oxygens (including phenoxy) is 1. The van der Waals surface area contributed by atoms with Crippen LogP contribution in [-0.4, -0.2) is 23.8 Å². The average molecular weight is 415 g/mol. The summed E-state index contributed by atoms with van der Waals surface area (Å²) in [5, 5.41) is 3.66. The number of ketones is 1. The van der Waals surface area contributed by atoms with Gasteiger partial charge in [0, 0.05) is 22.3 Å². The van der Waals surface area contributed by atoms with Crippen LogP contribution in [0.2, 0.25) is 5.02 Å². The number of rotatable bonds is 5. The summed E-state index contributed by atoms with van der Waals surface area (Å²) < 4.78 is 6.27. The molecule has 0 saturated heterocycles. The molecular weight excluding hydrogens is 388 g/mol. The van der Waals surface area contributed by atoms with E-state index in [0.717, 1.165) is 0 Å². The van der Waals surface area contributed by atoms with E-state index >= 15 is 0 Å². The van der Waals surface area contributed by atoms with Crippen molar-refractivity contribution in [3.63, 3.8) is 0 Å². The van der Waals surface area contributed by atoms with Crippen molar-refractivity contribution < 1.29 is 14.3 Å². The van der Waals surface area contributed by atoms with E-state index in [-0.39, 0.29) is 45.5 Å². The Labute approximate surface area is 177 Å². The SMILES string of the molecule is [C-]#[N+]c1ccc(OC2C(C)(C)C(NC(=O)C34CC(C(C)=O)(C3)C4)C2(C)C)cc1Cl. The molecule has 5 nitrogen and oxygen atoms in total. The van der Waals surface area contributed by atoms with Crippen molar-refractivity contribution in [3.8, 4) is 5.75 Å². The molecule has 4 aliphatic rings. The van der Waals surface area contributed by atoms with Gasteiger partial charge in [0.1, 0.15) is 17.6 Å². The second-order valence-corrected chi connectivity index (χ2v) is 10.8. The molecule has 1 amide bonds. The number of Topliss-reactive ketones (excluding diaryl/α,β-unsaturated/α-hetero) is 1. The molecule has 0 heterocycles. The first kappa shape index (κ1) is 20.2. The topological polar surface area (TPSA) is 59.8 Å². The summed E-state index contributed by atoms with van der Waals surface area (Å²) in [6, 6.07) is 5.07. The van der Waals surface area contributed by atoms with E-state index in [1.807, 2.05) is 0 Å². The van der Waals surface area contributed by atoms with E-state index in [0.29, 0.717) is 35.7 Å². The Bertz CT molecular complexity index is 924. The number of halogens is 1. The van der Waals surface area contributed by atoms with Gasteiger partial charge in [0.2, 0.25) is 11.6 Å². The summed E-state index contributed by atoms with van der Waals surface area (Å²) in [7, 11) is 0. The molecule has 1 aromatic rings. The van der Waals surface area contributed by atoms with Crippen LogP contribution in [-0.2, 0) is 9.59 Å². The molecule has 0 aromatic heterocycles. The van der Waals surface area contributed by atoms with Gasteiger partial charge in [-0.1, -0.05) is 45.4 Å². The third-order valence-electron chi connectivity index (χ3n) is 7.67. The maximum atomic E-state index is 13.0. The molecule has 0 atom stereocenters. The van der Waals surface area contributed by atoms with Crippen molar-refractivity contribution in [2.75, 3.05) is 0 Å². The lowest BCUT2D eigenvalue weighted by Crippen LogP contribution is -2.78. The smallest absolute Gasteiger partial charge is 0.226 e. The molecule has 6 heteroatoms. The third-order valence-corrected chi connectivity index (χ3v) is 7.97. The predicted octanol–water partition coefficient (Wildman–Crippen LogP) is 4.95. The second-order valence-electron chi connectivity index (χ2n) is 10.4. The molecule has 4 fully saturated rings. The van der Waals surface area contributed by atoms with E-state index in [2.05, 4.69) is 37.9 Å². The number of nitrogens with one attached hydrogen (secondary N) is 1. The van der Waals surface area contributed by atoms with Crippen LogP contribution in [0.4, 0.5) is 5.69 Å². The van der Waals surface area contributed by atoms with Gasteiger partial charge in [-0.2, -0.15) is 0 Å². The van der Waals surface area contributed by atoms with Crippen LogP contribution in [0.5, 0.6) is 5.75 Å². The summed E-state index contributed by atoms with van der Waals surface area (Å²) >= 11 is 6.15. The van der Waals surface area contributed by atoms with E-state index < -0.39 is 0 Å². The van der Waals surface area contributed by atoms with Gasteiger partial charge in [-0.3, -0.25) is 9.59 Å². The Balaban J connectivity index is 1.45. The van der Waals surface area contributed by atoms with E-state index in [1.54, 1.807) is 25.1 Å². The minimum absolute atomic E-state index is 0.0345. The van der Waals surface area contributed by atoms with Crippen LogP contribution >= 0.6 is 11.6 Å². The van der Waals surface area contributed by atoms with E-state index in [1.165, 1.54) is 0 Å². The highest BCUT2D eigenvalue weighted by Gasteiger charge is 2.74. The summed E-state index contributed by atoms with van der Waals surface area (Å²) in [6.45, 7) is 17.1. The zero-order chi connectivity index (χ0) is 21.4. The number of amides is 1. The van der Waals surface area contributed by atoms with Crippen molar-refractivity contribution in [2.24, 2.45) is 21.7 Å². The highest BCUT2D eigenvalue weighted by atomic mass is 35.5. The van der Waals surface area contributed by atoms with Gasteiger partial charge in [-0.25, -0.2) is 4.85 Å². The van der Waals surface area contributed by atoms with Gasteiger partial charge in [-0.05, 0) is 38.3 Å². The van der Waals surface area contributed by atoms with Crippen molar-refractivity contribution in [2.45, 2.75) is 66.0 Å². The monoisotopic (exact) mass is 414 g/mol. The lowest BCUT2D eigenvalue weighted by molar-refractivity contribution is -0.215. The highest BCUT2D eigenvalue weighted by molar-refractivity contribution is 6.33. The molecule has 2 bridgehead atoms. The molecule has 1 aromatic carbocycles. The van der Waals surface area contributed by atoms with Gasteiger partial charge >= 0.3 is 0 Å². The van der Waals surface area contributed by atoms with Gasteiger partial charge in [0.25, 0.3) is 0 Å². The minimum Gasteiger partial charge on any atom is -0.489 e. The van der Waals surface area contributed by atoms with Crippen molar-refractivity contribution >= 4 is 29.0 Å². The van der Waals surface area contributed by atoms with Crippen LogP contribution in [0.1, 0.15) is 53.9 Å². The quantitative estimate of drug-likeness (QED) is 0.693. The highest BCUT2D eigenvalue weighted by Crippen LogP contribution is 2.74. The molecule has 29 heavy (non-hydrogen) atoms. The largest absolute Gasteiger partial charge is 0.489 e. The Morgan fingerprint density at radius 1 is 1.14 bits per heavy atom. The van der Waals surface area contributed by atoms with Crippen molar-refractivity contribution in [3.05, 3.63) is 34.6 Å². The molecule has 1 N–H and O–H groups in total. The normalized spacial score (nSPS) is 35.2. The first-order chi connectivity index (χ1) is 13.4. The maximum Gasteiger partial charge on any atom is 0.226 e. The number of hydrogen-bond donors (Lipinski definition) is 1. The number of hydrogen-bond acceptors (Lipinski definition) is 3. The Morgan fingerprint density at radius 3 is 2.21 bits per heavy atom. The first-order valence-corrected chi connectivity index (χ1v) is 10.4. The Hall–Kier alpha value is -2.06. The summed E-state index contributed by atoms with van der Waals surface area (Å²) in [6.07, 6.45) is 1.97. The Morgan fingerprint density at radius 2 is 1.72 bits per heavy atom. The molecule has 154 valence electrons. The number of carbonyl (C=O) groups is 2. The second kappa shape index (κ2) is 5.98. The lowest BCUT2D eigenvalue weighted by Gasteiger charge is -2.69. The van der Waals surface area contributed by atoms with Crippen LogP contribution in [0.3, 0.4) is 0 Å². The fraction of sp³-hybridized carbons (Fsp3) is 0.609. The zero-order valence-electron chi connectivity index (χ0n) is 17.6. The standard InChI is InChI=1S/C23H27ClN2O3/c1-13(27)22-10-23(11-22,12-22)19(28)26-17-20(2,3)18(21(17,4)5)29-14-7-8-16(25-6)15(24)9-14/h7-9,17-18H,10-12H2,1-5H3,(H,26,28). The maximum absolute atomic E-state index is 13.0. The average Bonchev–Trinajstić information content (AvgIpc) is 2.54. The molecule has 0 spiro atoms. The summed E-state index contributed by atoms with van der Waals surface area (Å²) in [5.74, 6) is 0.920. The molecule has 0 radical (unpaired) electrons. The lowest BCUT2D eigenvalue weighted by atomic mass is 9.33. The fourth-order valence-electron chi connectivity index (χ4n) is 6.27. The van der Waals surface area contributed by atoms with Gasteiger partial charge in [0.05, 0.1) is 17.0 Å². The molecule has 0 aliphatic heterocycles. The number of nitrogens with zero attached hydrogens (tertiary/aromatic N) is 1. The van der Waals surface area contributed by atoms with Crippen LogP contribution < -0.4 is 10.1 Å². The molecule has 5 rings (SSSR count). The summed E-state index contributed by atoms with van der Waals surface area (Å²) in [4.78, 5) is 28.1. The van der Waals surface area contributed by atoms with Gasteiger partial charge < -0.3 is 10.1 Å². The third kappa shape index (κ3) is 2.65.